The van der Waals surface area contributed by atoms with E-state index in [0.717, 1.165) is 24.7 Å². The summed E-state index contributed by atoms with van der Waals surface area (Å²) in [4.78, 5) is 14.6. The zero-order valence-corrected chi connectivity index (χ0v) is 14.0. The van der Waals surface area contributed by atoms with Crippen LogP contribution < -0.4 is 16.0 Å². The molecule has 1 aromatic carbocycles. The number of nitrogens with one attached hydrogen (secondary N) is 2. The highest BCUT2D eigenvalue weighted by molar-refractivity contribution is 5.89. The first-order valence-electron chi connectivity index (χ1n) is 8.26. The molecule has 0 radical (unpaired) electrons. The van der Waals surface area contributed by atoms with Gasteiger partial charge in [-0.1, -0.05) is 35.5 Å². The summed E-state index contributed by atoms with van der Waals surface area (Å²) in [7, 11) is 0. The number of nitrogens with two attached hydrogens (primary N) is 1. The Morgan fingerprint density at radius 3 is 2.92 bits per heavy atom. The molecule has 3 heterocycles. The van der Waals surface area contributed by atoms with Gasteiger partial charge in [0.1, 0.15) is 18.0 Å². The van der Waals surface area contributed by atoms with Crippen molar-refractivity contribution < 1.29 is 4.52 Å². The zero-order chi connectivity index (χ0) is 17.9. The van der Waals surface area contributed by atoms with E-state index < -0.39 is 0 Å². The second-order valence-corrected chi connectivity index (χ2v) is 6.01. The monoisotopic (exact) mass is 350 g/mol. The Labute approximate surface area is 149 Å². The van der Waals surface area contributed by atoms with Crippen LogP contribution in [0.4, 0.5) is 17.7 Å². The smallest absolute Gasteiger partial charge is 0.324 e. The lowest BCUT2D eigenvalue weighted by Gasteiger charge is -2.16. The summed E-state index contributed by atoms with van der Waals surface area (Å²) in [5, 5.41) is 14.9. The van der Waals surface area contributed by atoms with Crippen LogP contribution in [0.2, 0.25) is 0 Å². The Morgan fingerprint density at radius 2 is 2.12 bits per heavy atom. The van der Waals surface area contributed by atoms with Gasteiger partial charge in [-0.15, -0.1) is 0 Å². The molecule has 1 fully saturated rings. The number of nitrogen functional groups attached to an aromatic ring is 1. The number of rotatable bonds is 5. The summed E-state index contributed by atoms with van der Waals surface area (Å²) in [5.74, 6) is 1.43. The molecular weight excluding hydrogens is 332 g/mol. The first-order chi connectivity index (χ1) is 12.7. The third-order valence-electron chi connectivity index (χ3n) is 4.31. The summed E-state index contributed by atoms with van der Waals surface area (Å²) in [6.07, 6.45) is 3.43. The van der Waals surface area contributed by atoms with Crippen molar-refractivity contribution >= 4 is 23.9 Å². The molecule has 0 spiro atoms. The third kappa shape index (κ3) is 3.06. The van der Waals surface area contributed by atoms with Crippen molar-refractivity contribution in [1.82, 2.24) is 20.1 Å². The van der Waals surface area contributed by atoms with Gasteiger partial charge in [-0.3, -0.25) is 0 Å². The number of nitrogens with zero attached hydrogens (tertiary/aromatic N) is 5. The van der Waals surface area contributed by atoms with Crippen molar-refractivity contribution in [1.29, 1.82) is 5.41 Å². The summed E-state index contributed by atoms with van der Waals surface area (Å²) in [6.45, 7) is 1.48. The molecule has 1 aliphatic rings. The van der Waals surface area contributed by atoms with Gasteiger partial charge in [0.2, 0.25) is 5.82 Å². The average Bonchev–Trinajstić information content (AvgIpc) is 3.32. The van der Waals surface area contributed by atoms with Crippen molar-refractivity contribution in [3.8, 4) is 11.4 Å². The number of hydrogen-bond acceptors (Lipinski definition) is 9. The maximum atomic E-state index is 7.49. The molecule has 3 aromatic rings. The van der Waals surface area contributed by atoms with Crippen LogP contribution in [0.15, 0.2) is 41.2 Å². The highest BCUT2D eigenvalue weighted by Crippen LogP contribution is 2.24. The van der Waals surface area contributed by atoms with Gasteiger partial charge in [-0.2, -0.15) is 4.98 Å². The molecule has 4 N–H and O–H groups in total. The predicted octanol–water partition coefficient (Wildman–Crippen LogP) is 1.80. The average molecular weight is 350 g/mol. The minimum Gasteiger partial charge on any atom is -0.383 e. The first kappa shape index (κ1) is 16.0. The van der Waals surface area contributed by atoms with Crippen molar-refractivity contribution in [3.63, 3.8) is 0 Å². The SMILES string of the molecule is N=Cc1c(N)ncnc1N[C@H]1CCN(c2nc(-c3ccccc3)no2)C1. The molecule has 9 heteroatoms. The van der Waals surface area contributed by atoms with Gasteiger partial charge < -0.3 is 25.9 Å². The molecule has 9 nitrogen and oxygen atoms in total. The first-order valence-corrected chi connectivity index (χ1v) is 8.26. The van der Waals surface area contributed by atoms with E-state index in [0.29, 0.717) is 29.8 Å². The van der Waals surface area contributed by atoms with Crippen molar-refractivity contribution in [2.75, 3.05) is 29.0 Å². The molecule has 0 bridgehead atoms. The Hall–Kier alpha value is -3.49. The van der Waals surface area contributed by atoms with Gasteiger partial charge in [0.05, 0.1) is 5.56 Å². The fourth-order valence-corrected chi connectivity index (χ4v) is 2.96. The second kappa shape index (κ2) is 6.79. The van der Waals surface area contributed by atoms with E-state index in [1.807, 2.05) is 35.2 Å². The summed E-state index contributed by atoms with van der Waals surface area (Å²) >= 11 is 0. The van der Waals surface area contributed by atoms with E-state index in [1.54, 1.807) is 0 Å². The van der Waals surface area contributed by atoms with Crippen molar-refractivity contribution in [3.05, 3.63) is 42.2 Å². The predicted molar refractivity (Wildman–Crippen MR) is 98.3 cm³/mol. The van der Waals surface area contributed by atoms with E-state index >= 15 is 0 Å². The molecule has 132 valence electrons. The van der Waals surface area contributed by atoms with Crippen LogP contribution in [0, 0.1) is 5.41 Å². The van der Waals surface area contributed by atoms with E-state index in [9.17, 15) is 0 Å². The third-order valence-corrected chi connectivity index (χ3v) is 4.31. The normalized spacial score (nSPS) is 16.6. The maximum absolute atomic E-state index is 7.49. The molecule has 4 rings (SSSR count). The largest absolute Gasteiger partial charge is 0.383 e. The molecule has 2 aromatic heterocycles. The quantitative estimate of drug-likeness (QED) is 0.594. The molecule has 26 heavy (non-hydrogen) atoms. The maximum Gasteiger partial charge on any atom is 0.324 e. The van der Waals surface area contributed by atoms with Crippen LogP contribution in [-0.2, 0) is 0 Å². The van der Waals surface area contributed by atoms with Crippen molar-refractivity contribution in [2.45, 2.75) is 12.5 Å². The van der Waals surface area contributed by atoms with Crippen LogP contribution in [0.3, 0.4) is 0 Å². The van der Waals surface area contributed by atoms with Crippen LogP contribution in [0.25, 0.3) is 11.4 Å². The van der Waals surface area contributed by atoms with Gasteiger partial charge >= 0.3 is 6.01 Å². The van der Waals surface area contributed by atoms with E-state index in [-0.39, 0.29) is 11.9 Å². The Morgan fingerprint density at radius 1 is 1.27 bits per heavy atom. The fourth-order valence-electron chi connectivity index (χ4n) is 2.96. The van der Waals surface area contributed by atoms with Gasteiger partial charge in [-0.25, -0.2) is 9.97 Å². The summed E-state index contributed by atoms with van der Waals surface area (Å²) in [6, 6.07) is 10.4. The minimum atomic E-state index is 0.134. The van der Waals surface area contributed by atoms with Crippen LogP contribution >= 0.6 is 0 Å². The second-order valence-electron chi connectivity index (χ2n) is 6.01. The van der Waals surface area contributed by atoms with Crippen molar-refractivity contribution in [2.24, 2.45) is 0 Å². The standard InChI is InChI=1S/C17H18N8O/c18-8-13-14(19)20-10-21-16(13)22-12-6-7-25(9-12)17-23-15(24-26-17)11-4-2-1-3-5-11/h1-5,8,10,12,18H,6-7,9H2,(H3,19,20,21,22)/t12-/m0/s1. The zero-order valence-electron chi connectivity index (χ0n) is 14.0. The lowest BCUT2D eigenvalue weighted by Crippen LogP contribution is -2.27. The Bertz CT molecular complexity index is 910. The number of benzene rings is 1. The number of anilines is 3. The molecule has 1 atom stereocenters. The van der Waals surface area contributed by atoms with Crippen LogP contribution in [-0.4, -0.2) is 45.5 Å². The highest BCUT2D eigenvalue weighted by Gasteiger charge is 2.27. The van der Waals surface area contributed by atoms with Gasteiger partial charge in [-0.05, 0) is 6.42 Å². The number of aromatic nitrogens is 4. The highest BCUT2D eigenvalue weighted by atomic mass is 16.5. The summed E-state index contributed by atoms with van der Waals surface area (Å²) in [5.41, 5.74) is 7.21. The molecule has 0 amide bonds. The van der Waals surface area contributed by atoms with E-state index in [2.05, 4.69) is 25.4 Å². The Balaban J connectivity index is 1.45. The topological polar surface area (TPSA) is 130 Å². The lowest BCUT2D eigenvalue weighted by atomic mass is 10.2. The lowest BCUT2D eigenvalue weighted by molar-refractivity contribution is 0.419. The van der Waals surface area contributed by atoms with E-state index in [1.165, 1.54) is 6.33 Å². The molecule has 1 saturated heterocycles. The summed E-state index contributed by atoms with van der Waals surface area (Å²) < 4.78 is 5.42. The van der Waals surface area contributed by atoms with Gasteiger partial charge in [0.15, 0.2) is 0 Å². The molecule has 1 aliphatic heterocycles. The van der Waals surface area contributed by atoms with Crippen LogP contribution in [0.5, 0.6) is 0 Å². The van der Waals surface area contributed by atoms with Crippen LogP contribution in [0.1, 0.15) is 12.0 Å². The fraction of sp³-hybridized carbons (Fsp3) is 0.235. The van der Waals surface area contributed by atoms with Gasteiger partial charge in [0, 0.05) is 30.9 Å². The molecular formula is C17H18N8O. The molecule has 0 unspecified atom stereocenters. The van der Waals surface area contributed by atoms with Gasteiger partial charge in [0.25, 0.3) is 0 Å². The molecule has 0 aliphatic carbocycles. The Kier molecular flexibility index (Phi) is 4.18. The minimum absolute atomic E-state index is 0.134. The number of hydrogen-bond donors (Lipinski definition) is 3. The van der Waals surface area contributed by atoms with E-state index in [4.69, 9.17) is 15.7 Å². The molecule has 0 saturated carbocycles.